The Balaban J connectivity index is 1.46. The van der Waals surface area contributed by atoms with Gasteiger partial charge in [0.2, 0.25) is 0 Å². The molecule has 0 spiro atoms. The Hall–Kier alpha value is -0.940. The van der Waals surface area contributed by atoms with Gasteiger partial charge < -0.3 is 30.3 Å². The number of aliphatic hydroxyl groups excluding tert-OH is 5. The molecule has 39 heavy (non-hydrogen) atoms. The summed E-state index contributed by atoms with van der Waals surface area (Å²) in [6, 6.07) is 9.00. The predicted molar refractivity (Wildman–Crippen MR) is 154 cm³/mol. The first-order chi connectivity index (χ1) is 18.5. The van der Waals surface area contributed by atoms with Gasteiger partial charge in [-0.1, -0.05) is 30.1 Å². The predicted octanol–water partition coefficient (Wildman–Crippen LogP) is 4.63. The first kappa shape index (κ1) is 32.6. The first-order valence-electron chi connectivity index (χ1n) is 13.2. The fraction of sp³-hybridized carbons (Fsp3) is 0.607. The zero-order valence-corrected chi connectivity index (χ0v) is 24.8. The summed E-state index contributed by atoms with van der Waals surface area (Å²) >= 11 is 20.2. The van der Waals surface area contributed by atoms with Gasteiger partial charge in [0.05, 0.1) is 12.2 Å². The number of aryl methyl sites for hydroxylation is 2. The normalized spacial score (nSPS) is 24.3. The second-order valence-corrected chi connectivity index (χ2v) is 12.8. The van der Waals surface area contributed by atoms with Crippen molar-refractivity contribution in [2.75, 3.05) is 6.61 Å². The lowest BCUT2D eigenvalue weighted by Gasteiger charge is -2.25. The third kappa shape index (κ3) is 9.28. The van der Waals surface area contributed by atoms with Crippen molar-refractivity contribution in [1.82, 2.24) is 0 Å². The van der Waals surface area contributed by atoms with Crippen LogP contribution in [0.15, 0.2) is 30.3 Å². The van der Waals surface area contributed by atoms with E-state index in [9.17, 15) is 30.3 Å². The highest BCUT2D eigenvalue weighted by molar-refractivity contribution is 7.13. The molecule has 0 radical (unpaired) electrons. The highest BCUT2D eigenvalue weighted by atomic mass is 35.5. The van der Waals surface area contributed by atoms with Crippen LogP contribution in [0.1, 0.15) is 59.1 Å². The maximum absolute atomic E-state index is 12.4. The van der Waals surface area contributed by atoms with Crippen molar-refractivity contribution in [2.45, 2.75) is 87.8 Å². The molecular formula is C28H37Cl3O7S. The molecule has 0 amide bonds. The van der Waals surface area contributed by atoms with Crippen LogP contribution >= 0.6 is 46.1 Å². The van der Waals surface area contributed by atoms with Crippen LogP contribution in [0.2, 0.25) is 10.0 Å². The molecule has 8 atom stereocenters. The van der Waals surface area contributed by atoms with Crippen molar-refractivity contribution in [3.05, 3.63) is 55.7 Å². The molecule has 1 saturated carbocycles. The van der Waals surface area contributed by atoms with Gasteiger partial charge in [-0.3, -0.25) is 0 Å². The molecule has 1 heterocycles. The van der Waals surface area contributed by atoms with Crippen LogP contribution in [0.25, 0.3) is 0 Å². The van der Waals surface area contributed by atoms with Gasteiger partial charge in [0, 0.05) is 20.3 Å². The third-order valence-electron chi connectivity index (χ3n) is 7.43. The van der Waals surface area contributed by atoms with Gasteiger partial charge >= 0.3 is 5.97 Å². The van der Waals surface area contributed by atoms with Gasteiger partial charge in [-0.2, -0.15) is 0 Å². The summed E-state index contributed by atoms with van der Waals surface area (Å²) in [5, 5.41) is 51.1. The summed E-state index contributed by atoms with van der Waals surface area (Å²) < 4.78 is 5.10. The van der Waals surface area contributed by atoms with Crippen molar-refractivity contribution in [3.8, 4) is 0 Å². The Bertz CT molecular complexity index is 1050. The zero-order chi connectivity index (χ0) is 28.7. The number of carbonyl (C=O) groups is 1. The topological polar surface area (TPSA) is 127 Å². The lowest BCUT2D eigenvalue weighted by molar-refractivity contribution is -0.116. The summed E-state index contributed by atoms with van der Waals surface area (Å²) in [5.74, 6) is -0.378. The molecule has 0 saturated heterocycles. The molecule has 0 unspecified atom stereocenters. The molecule has 7 nitrogen and oxygen atoms in total. The molecular weight excluding hydrogens is 587 g/mol. The van der Waals surface area contributed by atoms with Crippen LogP contribution in [-0.4, -0.2) is 74.0 Å². The van der Waals surface area contributed by atoms with E-state index in [0.29, 0.717) is 21.3 Å². The van der Waals surface area contributed by atoms with E-state index < -0.39 is 43.1 Å². The lowest BCUT2D eigenvalue weighted by atomic mass is 9.85. The van der Waals surface area contributed by atoms with Crippen LogP contribution in [0, 0.1) is 11.8 Å². The largest absolute Gasteiger partial charge is 0.459 e. The number of rotatable bonds is 14. The lowest BCUT2D eigenvalue weighted by Crippen LogP contribution is -2.46. The van der Waals surface area contributed by atoms with Crippen molar-refractivity contribution >= 4 is 52.1 Å². The van der Waals surface area contributed by atoms with Crippen LogP contribution in [-0.2, 0) is 17.6 Å². The Morgan fingerprint density at radius 2 is 1.67 bits per heavy atom. The quantitative estimate of drug-likeness (QED) is 0.153. The molecule has 0 aliphatic heterocycles. The number of hydrogen-bond acceptors (Lipinski definition) is 8. The fourth-order valence-corrected chi connectivity index (χ4v) is 7.20. The minimum absolute atomic E-state index is 0.0814. The van der Waals surface area contributed by atoms with Crippen molar-refractivity contribution in [3.63, 3.8) is 0 Å². The molecule has 11 heteroatoms. The molecule has 1 aromatic heterocycles. The van der Waals surface area contributed by atoms with E-state index in [-0.39, 0.29) is 23.6 Å². The summed E-state index contributed by atoms with van der Waals surface area (Å²) in [6.45, 7) is 1.12. The number of thiophene rings is 1. The van der Waals surface area contributed by atoms with Crippen LogP contribution in [0.4, 0.5) is 0 Å². The minimum Gasteiger partial charge on any atom is -0.459 e. The Morgan fingerprint density at radius 3 is 2.33 bits per heavy atom. The summed E-state index contributed by atoms with van der Waals surface area (Å²) in [7, 11) is 0. The number of alkyl halides is 1. The standard InChI is InChI=1S/C28H37Cl3O7S/c1-2-22(32)26(35)27(36)24(34)14-38-28(37)25-9-7-18(39-25)4-3-5-19-20(23(33)13-21(19)31)8-6-15-10-16(29)12-17(30)11-15/h7,9-12,19-24,26-27,32-36H,2-6,8,13-14H2,1H3/t19-,20-,21-,22+,23-,24-,26+,27+/m1/s1. The van der Waals surface area contributed by atoms with Crippen molar-refractivity contribution in [1.29, 1.82) is 0 Å². The number of esters is 1. The van der Waals surface area contributed by atoms with E-state index in [1.165, 1.54) is 11.3 Å². The molecule has 3 rings (SSSR count). The zero-order valence-electron chi connectivity index (χ0n) is 21.8. The van der Waals surface area contributed by atoms with E-state index in [2.05, 4.69) is 0 Å². The number of aliphatic hydroxyl groups is 5. The highest BCUT2D eigenvalue weighted by Crippen LogP contribution is 2.42. The molecule has 218 valence electrons. The number of halogens is 3. The van der Waals surface area contributed by atoms with Crippen molar-refractivity contribution in [2.24, 2.45) is 11.8 Å². The van der Waals surface area contributed by atoms with Crippen LogP contribution in [0.5, 0.6) is 0 Å². The second-order valence-electron chi connectivity index (χ2n) is 10.2. The maximum Gasteiger partial charge on any atom is 0.348 e. The Labute approximate surface area is 248 Å². The number of carbonyl (C=O) groups excluding carboxylic acids is 1. The monoisotopic (exact) mass is 622 g/mol. The number of ether oxygens (including phenoxy) is 1. The Kier molecular flexibility index (Phi) is 12.8. The average molecular weight is 624 g/mol. The molecule has 1 fully saturated rings. The molecule has 2 aromatic rings. The van der Waals surface area contributed by atoms with Crippen molar-refractivity contribution < 1.29 is 35.1 Å². The van der Waals surface area contributed by atoms with E-state index in [1.807, 2.05) is 18.2 Å². The van der Waals surface area contributed by atoms with E-state index >= 15 is 0 Å². The molecule has 1 aromatic carbocycles. The number of benzene rings is 1. The van der Waals surface area contributed by atoms with Gasteiger partial charge in [-0.15, -0.1) is 22.9 Å². The van der Waals surface area contributed by atoms with Gasteiger partial charge in [0.1, 0.15) is 29.8 Å². The maximum atomic E-state index is 12.4. The van der Waals surface area contributed by atoms with Gasteiger partial charge in [-0.25, -0.2) is 4.79 Å². The SMILES string of the molecule is CC[C@H](O)[C@H](O)[C@@H](O)[C@H](O)COC(=O)c1ccc(CCC[C@@H]2[C@@H](CCc3cc(Cl)cc(Cl)c3)[C@H](O)C[C@H]2Cl)s1. The minimum atomic E-state index is -1.64. The molecule has 1 aliphatic carbocycles. The van der Waals surface area contributed by atoms with Gasteiger partial charge in [0.25, 0.3) is 0 Å². The molecule has 1 aliphatic rings. The fourth-order valence-electron chi connectivity index (χ4n) is 5.19. The van der Waals surface area contributed by atoms with Crippen LogP contribution in [0.3, 0.4) is 0 Å². The average Bonchev–Trinajstić information content (AvgIpc) is 3.47. The van der Waals surface area contributed by atoms with E-state index in [4.69, 9.17) is 39.5 Å². The van der Waals surface area contributed by atoms with Gasteiger partial charge in [-0.05, 0) is 92.7 Å². The van der Waals surface area contributed by atoms with E-state index in [0.717, 1.165) is 42.5 Å². The summed E-state index contributed by atoms with van der Waals surface area (Å²) in [6.07, 6.45) is -1.60. The first-order valence-corrected chi connectivity index (χ1v) is 15.3. The second kappa shape index (κ2) is 15.3. The number of hydrogen-bond donors (Lipinski definition) is 5. The highest BCUT2D eigenvalue weighted by Gasteiger charge is 2.40. The Morgan fingerprint density at radius 1 is 1.00 bits per heavy atom. The smallest absolute Gasteiger partial charge is 0.348 e. The third-order valence-corrected chi connectivity index (χ3v) is 9.49. The van der Waals surface area contributed by atoms with Crippen LogP contribution < -0.4 is 0 Å². The summed E-state index contributed by atoms with van der Waals surface area (Å²) in [4.78, 5) is 13.8. The van der Waals surface area contributed by atoms with E-state index in [1.54, 1.807) is 19.1 Å². The summed E-state index contributed by atoms with van der Waals surface area (Å²) in [5.41, 5.74) is 1.03. The van der Waals surface area contributed by atoms with Gasteiger partial charge in [0.15, 0.2) is 0 Å². The molecule has 0 bridgehead atoms. The molecule has 5 N–H and O–H groups in total.